The summed E-state index contributed by atoms with van der Waals surface area (Å²) in [7, 11) is 0. The number of rotatable bonds is 4. The summed E-state index contributed by atoms with van der Waals surface area (Å²) in [6.07, 6.45) is 5.85. The van der Waals surface area contributed by atoms with Crippen LogP contribution in [0.1, 0.15) is 25.7 Å². The Balaban J connectivity index is 1.65. The molecule has 0 atom stereocenters. The molecule has 1 amide bonds. The van der Waals surface area contributed by atoms with E-state index in [0.29, 0.717) is 10.2 Å². The van der Waals surface area contributed by atoms with Crippen LogP contribution >= 0.6 is 11.3 Å². The minimum absolute atomic E-state index is 0.0162. The fourth-order valence-corrected chi connectivity index (χ4v) is 4.32. The first-order chi connectivity index (χ1) is 12.2. The van der Waals surface area contributed by atoms with Gasteiger partial charge in [0.05, 0.1) is 11.7 Å². The second kappa shape index (κ2) is 6.80. The molecular weight excluding hydrogens is 334 g/mol. The highest BCUT2D eigenvalue weighted by molar-refractivity contribution is 7.17. The summed E-state index contributed by atoms with van der Waals surface area (Å²) in [5, 5.41) is 5.56. The quantitative estimate of drug-likeness (QED) is 0.783. The smallest absolute Gasteiger partial charge is 0.263 e. The Morgan fingerprint density at radius 2 is 2.00 bits per heavy atom. The van der Waals surface area contributed by atoms with E-state index in [0.717, 1.165) is 36.8 Å². The van der Waals surface area contributed by atoms with Crippen LogP contribution < -0.4 is 10.9 Å². The fourth-order valence-electron chi connectivity index (χ4n) is 3.41. The highest BCUT2D eigenvalue weighted by atomic mass is 32.1. The lowest BCUT2D eigenvalue weighted by Gasteiger charge is -2.12. The molecule has 0 spiro atoms. The molecule has 1 N–H and O–H groups in total. The van der Waals surface area contributed by atoms with Crippen molar-refractivity contribution in [3.05, 3.63) is 52.4 Å². The van der Waals surface area contributed by atoms with E-state index >= 15 is 0 Å². The van der Waals surface area contributed by atoms with Gasteiger partial charge < -0.3 is 5.32 Å². The summed E-state index contributed by atoms with van der Waals surface area (Å²) in [5.41, 5.74) is 1.70. The number of carbonyl (C=O) groups is 1. The number of amides is 1. The lowest BCUT2D eigenvalue weighted by molar-refractivity contribution is -0.122. The van der Waals surface area contributed by atoms with Crippen molar-refractivity contribution >= 4 is 27.5 Å². The Morgan fingerprint density at radius 3 is 2.76 bits per heavy atom. The molecule has 1 fully saturated rings. The predicted octanol–water partition coefficient (Wildman–Crippen LogP) is 3.18. The minimum atomic E-state index is -0.160. The van der Waals surface area contributed by atoms with Crippen LogP contribution in [0.15, 0.2) is 46.8 Å². The Bertz CT molecular complexity index is 956. The van der Waals surface area contributed by atoms with Crippen LogP contribution in [0, 0.1) is 0 Å². The van der Waals surface area contributed by atoms with Crippen molar-refractivity contribution in [3.63, 3.8) is 0 Å². The highest BCUT2D eigenvalue weighted by Gasteiger charge is 2.18. The van der Waals surface area contributed by atoms with E-state index < -0.39 is 0 Å². The average Bonchev–Trinajstić information content (AvgIpc) is 3.28. The molecule has 2 heterocycles. The molecule has 128 valence electrons. The number of nitrogens with one attached hydrogen (secondary N) is 1. The standard InChI is InChI=1S/C19H19N3O2S/c23-16(21-14-8-4-5-9-14)10-22-12-20-18-17(19(22)24)15(11-25-18)13-6-2-1-3-7-13/h1-3,6-7,11-12,14H,4-5,8-10H2,(H,21,23). The first kappa shape index (κ1) is 16.0. The van der Waals surface area contributed by atoms with Gasteiger partial charge in [-0.25, -0.2) is 4.98 Å². The third-order valence-corrected chi connectivity index (χ3v) is 5.57. The lowest BCUT2D eigenvalue weighted by atomic mass is 10.1. The largest absolute Gasteiger partial charge is 0.352 e. The van der Waals surface area contributed by atoms with Crippen LogP contribution in [-0.4, -0.2) is 21.5 Å². The van der Waals surface area contributed by atoms with Crippen LogP contribution in [0.25, 0.3) is 21.3 Å². The minimum Gasteiger partial charge on any atom is -0.352 e. The number of hydrogen-bond donors (Lipinski definition) is 1. The van der Waals surface area contributed by atoms with Crippen molar-refractivity contribution in [1.82, 2.24) is 14.9 Å². The van der Waals surface area contributed by atoms with Gasteiger partial charge in [-0.15, -0.1) is 11.3 Å². The third kappa shape index (κ3) is 3.22. The summed E-state index contributed by atoms with van der Waals surface area (Å²) in [6.45, 7) is 0.0162. The number of benzene rings is 1. The molecule has 25 heavy (non-hydrogen) atoms. The summed E-state index contributed by atoms with van der Waals surface area (Å²) in [5.74, 6) is -0.119. The summed E-state index contributed by atoms with van der Waals surface area (Å²) in [4.78, 5) is 30.2. The van der Waals surface area contributed by atoms with E-state index in [-0.39, 0.29) is 24.1 Å². The predicted molar refractivity (Wildman–Crippen MR) is 99.7 cm³/mol. The number of hydrogen-bond acceptors (Lipinski definition) is 4. The molecule has 0 radical (unpaired) electrons. The van der Waals surface area contributed by atoms with E-state index in [1.54, 1.807) is 0 Å². The summed E-state index contributed by atoms with van der Waals surface area (Å²) in [6, 6.07) is 10.0. The Kier molecular flexibility index (Phi) is 4.36. The van der Waals surface area contributed by atoms with Gasteiger partial charge in [0.2, 0.25) is 5.91 Å². The fraction of sp³-hybridized carbons (Fsp3) is 0.316. The van der Waals surface area contributed by atoms with Gasteiger partial charge in [0.1, 0.15) is 11.4 Å². The number of fused-ring (bicyclic) bond motifs is 1. The second-order valence-corrected chi connectivity index (χ2v) is 7.28. The monoisotopic (exact) mass is 353 g/mol. The molecule has 1 aliphatic carbocycles. The number of aromatic nitrogens is 2. The van der Waals surface area contributed by atoms with E-state index in [2.05, 4.69) is 10.3 Å². The SMILES string of the molecule is O=C(Cn1cnc2scc(-c3ccccc3)c2c1=O)NC1CCCC1. The molecule has 6 heteroatoms. The van der Waals surface area contributed by atoms with Gasteiger partial charge in [0.15, 0.2) is 0 Å². The maximum atomic E-state index is 12.9. The highest BCUT2D eigenvalue weighted by Crippen LogP contribution is 2.30. The van der Waals surface area contributed by atoms with Gasteiger partial charge in [-0.05, 0) is 18.4 Å². The van der Waals surface area contributed by atoms with Gasteiger partial charge in [-0.2, -0.15) is 0 Å². The molecule has 0 bridgehead atoms. The Morgan fingerprint density at radius 1 is 1.24 bits per heavy atom. The van der Waals surface area contributed by atoms with Crippen LogP contribution in [0.2, 0.25) is 0 Å². The number of thiophene rings is 1. The molecule has 1 saturated carbocycles. The third-order valence-electron chi connectivity index (χ3n) is 4.68. The van der Waals surface area contributed by atoms with E-state index in [4.69, 9.17) is 0 Å². The van der Waals surface area contributed by atoms with Crippen LogP contribution in [-0.2, 0) is 11.3 Å². The Labute approximate surface area is 149 Å². The molecule has 1 aliphatic rings. The van der Waals surface area contributed by atoms with Crippen LogP contribution in [0.4, 0.5) is 0 Å². The van der Waals surface area contributed by atoms with Crippen LogP contribution in [0.5, 0.6) is 0 Å². The maximum absolute atomic E-state index is 12.9. The number of nitrogens with zero attached hydrogens (tertiary/aromatic N) is 2. The molecule has 4 rings (SSSR count). The van der Waals surface area contributed by atoms with Crippen molar-refractivity contribution in [2.75, 3.05) is 0 Å². The zero-order valence-corrected chi connectivity index (χ0v) is 14.6. The molecule has 2 aromatic heterocycles. The van der Waals surface area contributed by atoms with Crippen molar-refractivity contribution in [2.45, 2.75) is 38.3 Å². The molecule has 5 nitrogen and oxygen atoms in total. The molecule has 0 saturated heterocycles. The van der Waals surface area contributed by atoms with Crippen molar-refractivity contribution in [2.24, 2.45) is 0 Å². The molecule has 0 unspecified atom stereocenters. The Hall–Kier alpha value is -2.47. The topological polar surface area (TPSA) is 64.0 Å². The van der Waals surface area contributed by atoms with Gasteiger partial charge in [0.25, 0.3) is 5.56 Å². The average molecular weight is 353 g/mol. The summed E-state index contributed by atoms with van der Waals surface area (Å²) >= 11 is 1.45. The zero-order chi connectivity index (χ0) is 17.2. The lowest BCUT2D eigenvalue weighted by Crippen LogP contribution is -2.37. The first-order valence-corrected chi connectivity index (χ1v) is 9.42. The number of carbonyl (C=O) groups excluding carboxylic acids is 1. The molecular formula is C19H19N3O2S. The maximum Gasteiger partial charge on any atom is 0.263 e. The van der Waals surface area contributed by atoms with Crippen molar-refractivity contribution in [1.29, 1.82) is 0 Å². The van der Waals surface area contributed by atoms with Gasteiger partial charge in [-0.1, -0.05) is 43.2 Å². The first-order valence-electron chi connectivity index (χ1n) is 8.54. The normalized spacial score (nSPS) is 14.9. The zero-order valence-electron chi connectivity index (χ0n) is 13.8. The second-order valence-electron chi connectivity index (χ2n) is 6.42. The van der Waals surface area contributed by atoms with Crippen molar-refractivity contribution < 1.29 is 4.79 Å². The molecule has 3 aromatic rings. The van der Waals surface area contributed by atoms with E-state index in [1.165, 1.54) is 22.2 Å². The van der Waals surface area contributed by atoms with Crippen LogP contribution in [0.3, 0.4) is 0 Å². The molecule has 0 aliphatic heterocycles. The van der Waals surface area contributed by atoms with Gasteiger partial charge in [-0.3, -0.25) is 14.2 Å². The molecule has 1 aromatic carbocycles. The van der Waals surface area contributed by atoms with Gasteiger partial charge in [0, 0.05) is 17.0 Å². The summed E-state index contributed by atoms with van der Waals surface area (Å²) < 4.78 is 1.41. The van der Waals surface area contributed by atoms with Gasteiger partial charge >= 0.3 is 0 Å². The van der Waals surface area contributed by atoms with E-state index in [9.17, 15) is 9.59 Å². The van der Waals surface area contributed by atoms with Crippen molar-refractivity contribution in [3.8, 4) is 11.1 Å². The van der Waals surface area contributed by atoms with E-state index in [1.807, 2.05) is 35.7 Å².